The first-order chi connectivity index (χ1) is 6.22. The molecule has 2 aliphatic rings. The molecule has 0 N–H and O–H groups in total. The van der Waals surface area contributed by atoms with E-state index in [4.69, 9.17) is 0 Å². The van der Waals surface area contributed by atoms with E-state index in [1.807, 2.05) is 6.07 Å². The van der Waals surface area contributed by atoms with Gasteiger partial charge in [-0.2, -0.15) is 0 Å². The first kappa shape index (κ1) is 7.31. The molecule has 1 aromatic rings. The lowest BCUT2D eigenvalue weighted by molar-refractivity contribution is -0.122. The number of hydrogen-bond donors (Lipinski definition) is 0. The molecule has 0 spiro atoms. The highest BCUT2D eigenvalue weighted by Gasteiger charge is 2.51. The van der Waals surface area contributed by atoms with Gasteiger partial charge in [0.15, 0.2) is 0 Å². The fourth-order valence-electron chi connectivity index (χ4n) is 2.96. The number of carbonyl (C=O) groups excluding carboxylic acids is 1. The van der Waals surface area contributed by atoms with E-state index in [1.54, 1.807) is 0 Å². The quantitative estimate of drug-likeness (QED) is 0.587. The van der Waals surface area contributed by atoms with Gasteiger partial charge in [0.1, 0.15) is 5.78 Å². The molecule has 2 aliphatic carbocycles. The molecule has 0 heterocycles. The molecule has 1 fully saturated rings. The molecule has 0 amide bonds. The summed E-state index contributed by atoms with van der Waals surface area (Å²) in [5.41, 5.74) is 2.57. The standard InChI is InChI=1S/C12H12O/c1-12-7-8(6-11(12)13)9-4-2-3-5-10(9)12/h2-5,8H,6-7H2,1H3. The topological polar surface area (TPSA) is 17.1 Å². The van der Waals surface area contributed by atoms with Gasteiger partial charge in [0, 0.05) is 6.42 Å². The van der Waals surface area contributed by atoms with Gasteiger partial charge >= 0.3 is 0 Å². The molecule has 0 aliphatic heterocycles. The SMILES string of the molecule is CC12CC(CC1=O)c1ccccc12. The van der Waals surface area contributed by atoms with E-state index in [9.17, 15) is 4.79 Å². The van der Waals surface area contributed by atoms with Crippen molar-refractivity contribution in [1.82, 2.24) is 0 Å². The van der Waals surface area contributed by atoms with Crippen molar-refractivity contribution in [1.29, 1.82) is 0 Å². The smallest absolute Gasteiger partial charge is 0.143 e. The summed E-state index contributed by atoms with van der Waals surface area (Å²) in [5.74, 6) is 0.963. The zero-order valence-corrected chi connectivity index (χ0v) is 7.71. The molecular weight excluding hydrogens is 160 g/mol. The average Bonchev–Trinajstić information content (AvgIpc) is 2.57. The summed E-state index contributed by atoms with van der Waals surface area (Å²) in [6.07, 6.45) is 1.82. The number of benzene rings is 1. The predicted molar refractivity (Wildman–Crippen MR) is 50.8 cm³/mol. The molecule has 3 rings (SSSR count). The summed E-state index contributed by atoms with van der Waals surface area (Å²) >= 11 is 0. The monoisotopic (exact) mass is 172 g/mol. The third kappa shape index (κ3) is 0.707. The Bertz CT molecular complexity index is 394. The van der Waals surface area contributed by atoms with Crippen LogP contribution >= 0.6 is 0 Å². The Morgan fingerprint density at radius 3 is 3.00 bits per heavy atom. The number of rotatable bonds is 0. The van der Waals surface area contributed by atoms with Crippen molar-refractivity contribution >= 4 is 5.78 Å². The van der Waals surface area contributed by atoms with Gasteiger partial charge in [-0.25, -0.2) is 0 Å². The fraction of sp³-hybridized carbons (Fsp3) is 0.417. The summed E-state index contributed by atoms with van der Waals surface area (Å²) < 4.78 is 0. The third-order valence-electron chi connectivity index (χ3n) is 3.70. The molecule has 0 saturated heterocycles. The van der Waals surface area contributed by atoms with Crippen molar-refractivity contribution in [3.63, 3.8) is 0 Å². The van der Waals surface area contributed by atoms with Crippen molar-refractivity contribution in [2.45, 2.75) is 31.1 Å². The van der Waals surface area contributed by atoms with Crippen LogP contribution in [0, 0.1) is 0 Å². The Morgan fingerprint density at radius 2 is 2.15 bits per heavy atom. The second-order valence-electron chi connectivity index (χ2n) is 4.45. The van der Waals surface area contributed by atoms with E-state index in [2.05, 4.69) is 25.1 Å². The molecular formula is C12H12O. The number of carbonyl (C=O) groups is 1. The molecule has 1 nitrogen and oxygen atoms in total. The molecule has 1 heteroatoms. The van der Waals surface area contributed by atoms with Crippen LogP contribution in [-0.4, -0.2) is 5.78 Å². The second kappa shape index (κ2) is 2.03. The average molecular weight is 172 g/mol. The molecule has 2 atom stereocenters. The number of Topliss-reactive ketones (excluding diaryl/α,β-unsaturated/α-hetero) is 1. The molecule has 1 saturated carbocycles. The van der Waals surface area contributed by atoms with Crippen LogP contribution in [0.25, 0.3) is 0 Å². The van der Waals surface area contributed by atoms with Crippen LogP contribution in [0.15, 0.2) is 24.3 Å². The van der Waals surface area contributed by atoms with Crippen LogP contribution in [0.5, 0.6) is 0 Å². The Kier molecular flexibility index (Phi) is 1.14. The van der Waals surface area contributed by atoms with Crippen LogP contribution in [0.1, 0.15) is 36.8 Å². The molecule has 13 heavy (non-hydrogen) atoms. The molecule has 0 radical (unpaired) electrons. The van der Waals surface area contributed by atoms with E-state index in [1.165, 1.54) is 11.1 Å². The predicted octanol–water partition coefficient (Wildman–Crippen LogP) is 2.40. The first-order valence-corrected chi connectivity index (χ1v) is 4.84. The Hall–Kier alpha value is -1.11. The van der Waals surface area contributed by atoms with E-state index in [0.29, 0.717) is 11.7 Å². The highest BCUT2D eigenvalue weighted by Crippen LogP contribution is 2.54. The van der Waals surface area contributed by atoms with Gasteiger partial charge < -0.3 is 0 Å². The highest BCUT2D eigenvalue weighted by molar-refractivity contribution is 5.95. The maximum Gasteiger partial charge on any atom is 0.143 e. The van der Waals surface area contributed by atoms with Crippen LogP contribution in [0.4, 0.5) is 0 Å². The zero-order chi connectivity index (χ0) is 9.05. The van der Waals surface area contributed by atoms with Crippen molar-refractivity contribution in [3.8, 4) is 0 Å². The summed E-state index contributed by atoms with van der Waals surface area (Å²) in [5, 5.41) is 0. The van der Waals surface area contributed by atoms with Crippen molar-refractivity contribution in [2.75, 3.05) is 0 Å². The van der Waals surface area contributed by atoms with E-state index in [0.717, 1.165) is 12.8 Å². The number of fused-ring (bicyclic) bond motifs is 5. The van der Waals surface area contributed by atoms with Crippen molar-refractivity contribution in [2.24, 2.45) is 0 Å². The van der Waals surface area contributed by atoms with Crippen molar-refractivity contribution in [3.05, 3.63) is 35.4 Å². The molecule has 2 unspecified atom stereocenters. The number of hydrogen-bond acceptors (Lipinski definition) is 1. The zero-order valence-electron chi connectivity index (χ0n) is 7.71. The Morgan fingerprint density at radius 1 is 1.38 bits per heavy atom. The fourth-order valence-corrected chi connectivity index (χ4v) is 2.96. The lowest BCUT2D eigenvalue weighted by Crippen LogP contribution is -2.26. The largest absolute Gasteiger partial charge is 0.299 e. The van der Waals surface area contributed by atoms with E-state index < -0.39 is 0 Å². The summed E-state index contributed by atoms with van der Waals surface area (Å²) in [4.78, 5) is 11.7. The van der Waals surface area contributed by atoms with Crippen LogP contribution in [0.3, 0.4) is 0 Å². The maximum absolute atomic E-state index is 11.7. The lowest BCUT2D eigenvalue weighted by atomic mass is 9.80. The van der Waals surface area contributed by atoms with E-state index >= 15 is 0 Å². The van der Waals surface area contributed by atoms with Crippen LogP contribution < -0.4 is 0 Å². The third-order valence-corrected chi connectivity index (χ3v) is 3.70. The van der Waals surface area contributed by atoms with Gasteiger partial charge in [0.05, 0.1) is 5.41 Å². The van der Waals surface area contributed by atoms with Gasteiger partial charge in [-0.15, -0.1) is 0 Å². The van der Waals surface area contributed by atoms with Gasteiger partial charge in [-0.3, -0.25) is 4.79 Å². The van der Waals surface area contributed by atoms with Crippen molar-refractivity contribution < 1.29 is 4.79 Å². The molecule has 1 aromatic carbocycles. The normalized spacial score (nSPS) is 35.2. The summed E-state index contributed by atoms with van der Waals surface area (Å²) in [7, 11) is 0. The maximum atomic E-state index is 11.7. The van der Waals surface area contributed by atoms with Gasteiger partial charge in [0.2, 0.25) is 0 Å². The minimum absolute atomic E-state index is 0.138. The first-order valence-electron chi connectivity index (χ1n) is 4.84. The van der Waals surface area contributed by atoms with Gasteiger partial charge in [0.25, 0.3) is 0 Å². The summed E-state index contributed by atoms with van der Waals surface area (Å²) in [6.45, 7) is 2.10. The van der Waals surface area contributed by atoms with E-state index in [-0.39, 0.29) is 5.41 Å². The number of ketones is 1. The van der Waals surface area contributed by atoms with Crippen LogP contribution in [-0.2, 0) is 10.2 Å². The Balaban J connectivity index is 2.30. The molecule has 2 bridgehead atoms. The second-order valence-corrected chi connectivity index (χ2v) is 4.45. The minimum Gasteiger partial charge on any atom is -0.299 e. The lowest BCUT2D eigenvalue weighted by Gasteiger charge is -2.22. The summed E-state index contributed by atoms with van der Waals surface area (Å²) in [6, 6.07) is 8.41. The van der Waals surface area contributed by atoms with Gasteiger partial charge in [-0.1, -0.05) is 24.3 Å². The molecule has 66 valence electrons. The van der Waals surface area contributed by atoms with Gasteiger partial charge in [-0.05, 0) is 30.4 Å². The minimum atomic E-state index is -0.138. The van der Waals surface area contributed by atoms with Crippen LogP contribution in [0.2, 0.25) is 0 Å². The highest BCUT2D eigenvalue weighted by atomic mass is 16.1. The molecule has 0 aromatic heterocycles. The Labute approximate surface area is 77.8 Å².